The number of halogens is 1. The summed E-state index contributed by atoms with van der Waals surface area (Å²) in [7, 11) is 3.38. The number of benzene rings is 2. The largest absolute Gasteiger partial charge is 0.452 e. The van der Waals surface area contributed by atoms with Gasteiger partial charge in [0.15, 0.2) is 6.61 Å². The summed E-state index contributed by atoms with van der Waals surface area (Å²) < 4.78 is 19.1. The topological polar surface area (TPSA) is 66.9 Å². The van der Waals surface area contributed by atoms with E-state index in [2.05, 4.69) is 0 Å². The van der Waals surface area contributed by atoms with Gasteiger partial charge in [-0.3, -0.25) is 9.59 Å². The number of hydrogen-bond acceptors (Lipinski definition) is 5. The van der Waals surface area contributed by atoms with Gasteiger partial charge < -0.3 is 14.5 Å². The van der Waals surface area contributed by atoms with Gasteiger partial charge in [-0.1, -0.05) is 49.6 Å². The lowest BCUT2D eigenvalue weighted by atomic mass is 9.94. The van der Waals surface area contributed by atoms with E-state index in [1.807, 2.05) is 11.9 Å². The van der Waals surface area contributed by atoms with E-state index < -0.39 is 24.3 Å². The summed E-state index contributed by atoms with van der Waals surface area (Å²) in [5, 5.41) is 0. The minimum Gasteiger partial charge on any atom is -0.452 e. The second-order valence-corrected chi connectivity index (χ2v) is 9.52. The fourth-order valence-electron chi connectivity index (χ4n) is 3.96. The molecule has 1 fully saturated rings. The third kappa shape index (κ3) is 7.06. The molecule has 182 valence electrons. The highest BCUT2D eigenvalue weighted by Crippen LogP contribution is 2.26. The molecule has 0 atom stereocenters. The highest BCUT2D eigenvalue weighted by atomic mass is 32.2. The summed E-state index contributed by atoms with van der Waals surface area (Å²) in [4.78, 5) is 41.5. The average Bonchev–Trinajstić information content (AvgIpc) is 2.87. The van der Waals surface area contributed by atoms with Crippen LogP contribution in [0.4, 0.5) is 4.39 Å². The van der Waals surface area contributed by atoms with Crippen LogP contribution in [0.1, 0.15) is 48.0 Å². The first-order valence-corrected chi connectivity index (χ1v) is 12.5. The Morgan fingerprint density at radius 2 is 1.65 bits per heavy atom. The predicted molar refractivity (Wildman–Crippen MR) is 130 cm³/mol. The third-order valence-corrected chi connectivity index (χ3v) is 7.15. The molecular weight excluding hydrogens is 455 g/mol. The fourth-order valence-corrected chi connectivity index (χ4v) is 4.92. The Balaban J connectivity index is 1.52. The van der Waals surface area contributed by atoms with Crippen LogP contribution < -0.4 is 0 Å². The molecule has 0 aromatic heterocycles. The molecule has 0 N–H and O–H groups in total. The van der Waals surface area contributed by atoms with Crippen molar-refractivity contribution in [2.75, 3.05) is 26.5 Å². The maximum atomic E-state index is 13.8. The summed E-state index contributed by atoms with van der Waals surface area (Å²) in [6, 6.07) is 13.4. The maximum Gasteiger partial charge on any atom is 0.339 e. The lowest BCUT2D eigenvalue weighted by Gasteiger charge is -2.31. The Morgan fingerprint density at radius 3 is 2.38 bits per heavy atom. The predicted octanol–water partition coefficient (Wildman–Crippen LogP) is 4.52. The van der Waals surface area contributed by atoms with Crippen LogP contribution in [-0.4, -0.2) is 60.1 Å². The van der Waals surface area contributed by atoms with Gasteiger partial charge in [0.1, 0.15) is 5.82 Å². The standard InChI is InChI=1S/C26H31FN2O4S/c1-28(16-19-10-6-8-14-22(19)27)24(30)17-33-26(32)21-13-7-9-15-23(21)34-18-25(31)29(2)20-11-4-3-5-12-20/h6-10,13-15,20H,3-5,11-12,16-18H2,1-2H3. The van der Waals surface area contributed by atoms with E-state index in [9.17, 15) is 18.8 Å². The van der Waals surface area contributed by atoms with Crippen molar-refractivity contribution in [3.63, 3.8) is 0 Å². The van der Waals surface area contributed by atoms with Crippen molar-refractivity contribution in [2.24, 2.45) is 0 Å². The number of ether oxygens (including phenoxy) is 1. The number of thioether (sulfide) groups is 1. The molecule has 2 amide bonds. The molecule has 2 aromatic rings. The Bertz CT molecular complexity index is 1010. The van der Waals surface area contributed by atoms with E-state index in [-0.39, 0.29) is 24.2 Å². The van der Waals surface area contributed by atoms with Gasteiger partial charge in [0.25, 0.3) is 5.91 Å². The molecule has 1 saturated carbocycles. The van der Waals surface area contributed by atoms with Crippen molar-refractivity contribution in [1.82, 2.24) is 9.80 Å². The van der Waals surface area contributed by atoms with Gasteiger partial charge >= 0.3 is 5.97 Å². The Hall–Kier alpha value is -2.87. The number of rotatable bonds is 9. The van der Waals surface area contributed by atoms with Gasteiger partial charge in [0, 0.05) is 37.1 Å². The first-order chi connectivity index (χ1) is 16.4. The van der Waals surface area contributed by atoms with Crippen molar-refractivity contribution in [2.45, 2.75) is 49.6 Å². The minimum absolute atomic E-state index is 0.0324. The molecule has 0 aliphatic heterocycles. The molecule has 0 unspecified atom stereocenters. The molecule has 0 radical (unpaired) electrons. The number of carbonyl (C=O) groups is 3. The summed E-state index contributed by atoms with van der Waals surface area (Å²) in [5.74, 6) is -1.21. The SMILES string of the molecule is CN(Cc1ccccc1F)C(=O)COC(=O)c1ccccc1SCC(=O)N(C)C1CCCCC1. The van der Waals surface area contributed by atoms with Gasteiger partial charge in [0.05, 0.1) is 11.3 Å². The molecule has 0 heterocycles. The maximum absolute atomic E-state index is 13.8. The van der Waals surface area contributed by atoms with Crippen molar-refractivity contribution >= 4 is 29.5 Å². The molecular formula is C26H31FN2O4S. The first-order valence-electron chi connectivity index (χ1n) is 11.5. The number of likely N-dealkylation sites (N-methyl/N-ethyl adjacent to an activating group) is 1. The van der Waals surface area contributed by atoms with Gasteiger partial charge in [-0.2, -0.15) is 0 Å². The zero-order valence-electron chi connectivity index (χ0n) is 19.7. The van der Waals surface area contributed by atoms with E-state index in [4.69, 9.17) is 4.74 Å². The number of hydrogen-bond donors (Lipinski definition) is 0. The number of esters is 1. The fraction of sp³-hybridized carbons (Fsp3) is 0.423. The Labute approximate surface area is 204 Å². The summed E-state index contributed by atoms with van der Waals surface area (Å²) in [5.41, 5.74) is 0.694. The summed E-state index contributed by atoms with van der Waals surface area (Å²) >= 11 is 1.29. The molecule has 1 aliphatic carbocycles. The zero-order chi connectivity index (χ0) is 24.5. The van der Waals surface area contributed by atoms with Crippen LogP contribution in [0.5, 0.6) is 0 Å². The number of nitrogens with zero attached hydrogens (tertiary/aromatic N) is 2. The monoisotopic (exact) mass is 486 g/mol. The van der Waals surface area contributed by atoms with Gasteiger partial charge in [-0.05, 0) is 31.0 Å². The lowest BCUT2D eigenvalue weighted by molar-refractivity contribution is -0.133. The highest BCUT2D eigenvalue weighted by Gasteiger charge is 2.23. The Kier molecular flexibility index (Phi) is 9.51. The van der Waals surface area contributed by atoms with Crippen LogP contribution in [-0.2, 0) is 20.9 Å². The third-order valence-electron chi connectivity index (χ3n) is 6.09. The quantitative estimate of drug-likeness (QED) is 0.385. The number of carbonyl (C=O) groups excluding carboxylic acids is 3. The van der Waals surface area contributed by atoms with Crippen molar-refractivity contribution in [3.8, 4) is 0 Å². The van der Waals surface area contributed by atoms with Crippen LogP contribution in [0.15, 0.2) is 53.4 Å². The first kappa shape index (κ1) is 25.7. The Morgan fingerprint density at radius 1 is 0.971 bits per heavy atom. The molecule has 8 heteroatoms. The smallest absolute Gasteiger partial charge is 0.339 e. The van der Waals surface area contributed by atoms with Crippen LogP contribution >= 0.6 is 11.8 Å². The van der Waals surface area contributed by atoms with E-state index in [0.717, 1.165) is 25.7 Å². The average molecular weight is 487 g/mol. The van der Waals surface area contributed by atoms with E-state index in [1.165, 1.54) is 36.2 Å². The molecule has 1 aliphatic rings. The second kappa shape index (κ2) is 12.6. The molecule has 0 spiro atoms. The van der Waals surface area contributed by atoms with Crippen molar-refractivity contribution in [3.05, 3.63) is 65.5 Å². The van der Waals surface area contributed by atoms with Crippen LogP contribution in [0, 0.1) is 5.82 Å². The van der Waals surface area contributed by atoms with Gasteiger partial charge in [0.2, 0.25) is 5.91 Å². The molecule has 3 rings (SSSR count). The summed E-state index contributed by atoms with van der Waals surface area (Å²) in [6.07, 6.45) is 5.60. The summed E-state index contributed by atoms with van der Waals surface area (Å²) in [6.45, 7) is -0.377. The zero-order valence-corrected chi connectivity index (χ0v) is 20.5. The van der Waals surface area contributed by atoms with Crippen molar-refractivity contribution in [1.29, 1.82) is 0 Å². The minimum atomic E-state index is -0.635. The molecule has 2 aromatic carbocycles. The van der Waals surface area contributed by atoms with Crippen molar-refractivity contribution < 1.29 is 23.5 Å². The highest BCUT2D eigenvalue weighted by molar-refractivity contribution is 8.00. The molecule has 0 saturated heterocycles. The van der Waals surface area contributed by atoms with E-state index in [0.29, 0.717) is 16.0 Å². The van der Waals surface area contributed by atoms with Gasteiger partial charge in [-0.15, -0.1) is 11.8 Å². The van der Waals surface area contributed by atoms with E-state index in [1.54, 1.807) is 42.5 Å². The second-order valence-electron chi connectivity index (χ2n) is 8.50. The normalized spacial score (nSPS) is 13.9. The van der Waals surface area contributed by atoms with Gasteiger partial charge in [-0.25, -0.2) is 9.18 Å². The molecule has 34 heavy (non-hydrogen) atoms. The lowest BCUT2D eigenvalue weighted by Crippen LogP contribution is -2.39. The van der Waals surface area contributed by atoms with E-state index >= 15 is 0 Å². The number of amides is 2. The van der Waals surface area contributed by atoms with Crippen LogP contribution in [0.25, 0.3) is 0 Å². The van der Waals surface area contributed by atoms with Crippen LogP contribution in [0.2, 0.25) is 0 Å². The molecule has 0 bridgehead atoms. The molecule has 6 nitrogen and oxygen atoms in total. The van der Waals surface area contributed by atoms with Crippen LogP contribution in [0.3, 0.4) is 0 Å².